The van der Waals surface area contributed by atoms with Crippen LogP contribution in [-0.2, 0) is 11.2 Å². The summed E-state index contributed by atoms with van der Waals surface area (Å²) < 4.78 is 5.34. The van der Waals surface area contributed by atoms with Crippen molar-refractivity contribution in [3.63, 3.8) is 0 Å². The molecule has 2 aromatic rings. The van der Waals surface area contributed by atoms with E-state index in [0.29, 0.717) is 6.42 Å². The third-order valence-corrected chi connectivity index (χ3v) is 5.77. The number of para-hydroxylation sites is 1. The lowest BCUT2D eigenvalue weighted by Crippen LogP contribution is -2.57. The van der Waals surface area contributed by atoms with Crippen LogP contribution in [-0.4, -0.2) is 52.6 Å². The van der Waals surface area contributed by atoms with E-state index in [-0.39, 0.29) is 11.4 Å². The van der Waals surface area contributed by atoms with Gasteiger partial charge >= 0.3 is 0 Å². The Morgan fingerprint density at radius 2 is 2.08 bits per heavy atom. The van der Waals surface area contributed by atoms with Crippen LogP contribution >= 0.6 is 0 Å². The smallest absolute Gasteiger partial charge is 0.228 e. The summed E-state index contributed by atoms with van der Waals surface area (Å²) in [5.41, 5.74) is 1.64. The highest BCUT2D eigenvalue weighted by Gasteiger charge is 2.44. The molecule has 3 heterocycles. The number of amides is 1. The molecule has 5 heteroatoms. The Kier molecular flexibility index (Phi) is 4.34. The van der Waals surface area contributed by atoms with Gasteiger partial charge in [0.1, 0.15) is 5.69 Å². The highest BCUT2D eigenvalue weighted by molar-refractivity contribution is 5.86. The van der Waals surface area contributed by atoms with Crippen molar-refractivity contribution in [2.75, 3.05) is 26.2 Å². The van der Waals surface area contributed by atoms with Gasteiger partial charge in [0, 0.05) is 30.6 Å². The van der Waals surface area contributed by atoms with E-state index in [9.17, 15) is 4.79 Å². The number of hydrogen-bond acceptors (Lipinski definition) is 4. The van der Waals surface area contributed by atoms with E-state index >= 15 is 0 Å². The fraction of sp³-hybridized carbons (Fsp3) is 0.500. The molecule has 132 valence electrons. The van der Waals surface area contributed by atoms with E-state index in [1.54, 1.807) is 0 Å². The monoisotopic (exact) mass is 339 g/mol. The first kappa shape index (κ1) is 16.3. The number of hydrogen-bond donors (Lipinski definition) is 0. The molecule has 25 heavy (non-hydrogen) atoms. The van der Waals surface area contributed by atoms with Crippen LogP contribution < -0.4 is 0 Å². The van der Waals surface area contributed by atoms with Gasteiger partial charge < -0.3 is 9.42 Å². The average Bonchev–Trinajstić information content (AvgIpc) is 3.21. The van der Waals surface area contributed by atoms with Crippen LogP contribution in [0.2, 0.25) is 0 Å². The van der Waals surface area contributed by atoms with Gasteiger partial charge in [-0.1, -0.05) is 23.4 Å². The molecule has 0 radical (unpaired) electrons. The Morgan fingerprint density at radius 1 is 1.28 bits per heavy atom. The fourth-order valence-electron chi connectivity index (χ4n) is 4.54. The molecule has 0 aliphatic carbocycles. The Labute approximate surface area is 148 Å². The van der Waals surface area contributed by atoms with Crippen molar-refractivity contribution in [3.05, 3.63) is 42.6 Å². The minimum Gasteiger partial charge on any atom is -0.356 e. The van der Waals surface area contributed by atoms with Crippen molar-refractivity contribution in [2.24, 2.45) is 0 Å². The van der Waals surface area contributed by atoms with Gasteiger partial charge in [-0.25, -0.2) is 0 Å². The Balaban J connectivity index is 1.49. The van der Waals surface area contributed by atoms with Crippen molar-refractivity contribution in [2.45, 2.75) is 37.6 Å². The molecule has 0 bridgehead atoms. The van der Waals surface area contributed by atoms with Gasteiger partial charge in [-0.15, -0.1) is 6.58 Å². The predicted molar refractivity (Wildman–Crippen MR) is 97.3 cm³/mol. The van der Waals surface area contributed by atoms with Crippen LogP contribution in [0.15, 0.2) is 41.4 Å². The van der Waals surface area contributed by atoms with Crippen molar-refractivity contribution >= 4 is 16.9 Å². The number of benzene rings is 1. The van der Waals surface area contributed by atoms with E-state index in [1.807, 2.05) is 35.2 Å². The molecule has 2 aliphatic rings. The second-order valence-corrected chi connectivity index (χ2v) is 7.28. The quantitative estimate of drug-likeness (QED) is 0.804. The molecule has 1 aromatic carbocycles. The number of aromatic nitrogens is 1. The molecule has 1 atom stereocenters. The van der Waals surface area contributed by atoms with E-state index in [1.165, 1.54) is 19.3 Å². The normalized spacial score (nSPS) is 24.2. The van der Waals surface area contributed by atoms with Crippen molar-refractivity contribution < 1.29 is 9.32 Å². The third-order valence-electron chi connectivity index (χ3n) is 5.77. The second-order valence-electron chi connectivity index (χ2n) is 7.28. The van der Waals surface area contributed by atoms with Gasteiger partial charge in [-0.05, 0) is 44.4 Å². The molecular formula is C20H25N3O2. The minimum absolute atomic E-state index is 0.147. The average molecular weight is 339 g/mol. The Bertz CT molecular complexity index is 784. The van der Waals surface area contributed by atoms with Gasteiger partial charge in [-0.2, -0.15) is 0 Å². The zero-order valence-corrected chi connectivity index (χ0v) is 14.6. The maximum atomic E-state index is 12.9. The number of piperidine rings is 1. The first-order valence-corrected chi connectivity index (χ1v) is 9.19. The minimum atomic E-state index is 0.147. The molecule has 1 aromatic heterocycles. The third kappa shape index (κ3) is 2.97. The molecule has 2 saturated heterocycles. The number of nitrogens with zero attached hydrogens (tertiary/aromatic N) is 3. The summed E-state index contributed by atoms with van der Waals surface area (Å²) in [4.78, 5) is 17.5. The Hall–Kier alpha value is -2.14. The van der Waals surface area contributed by atoms with Crippen molar-refractivity contribution in [3.8, 4) is 0 Å². The van der Waals surface area contributed by atoms with E-state index in [2.05, 4.69) is 16.6 Å². The van der Waals surface area contributed by atoms with Crippen LogP contribution in [0.25, 0.3) is 11.0 Å². The number of carbonyl (C=O) groups is 1. The number of likely N-dealkylation sites (tertiary alicyclic amines) is 2. The second kappa shape index (κ2) is 6.64. The SMILES string of the molecule is C=CCN1CCCC12CCCN(C(=O)Cc1noc3ccccc13)C2. The molecule has 1 unspecified atom stereocenters. The van der Waals surface area contributed by atoms with E-state index < -0.39 is 0 Å². The summed E-state index contributed by atoms with van der Waals surface area (Å²) in [6.07, 6.45) is 6.93. The summed E-state index contributed by atoms with van der Waals surface area (Å²) in [5.74, 6) is 0.156. The first-order valence-electron chi connectivity index (χ1n) is 9.19. The summed E-state index contributed by atoms with van der Waals surface area (Å²) in [6.45, 7) is 7.59. The van der Waals surface area contributed by atoms with Gasteiger partial charge in [0.05, 0.1) is 6.42 Å². The number of rotatable bonds is 4. The zero-order valence-electron chi connectivity index (χ0n) is 14.6. The lowest BCUT2D eigenvalue weighted by molar-refractivity contribution is -0.134. The summed E-state index contributed by atoms with van der Waals surface area (Å²) >= 11 is 0. The van der Waals surface area contributed by atoms with Gasteiger partial charge in [0.2, 0.25) is 5.91 Å². The highest BCUT2D eigenvalue weighted by Crippen LogP contribution is 2.37. The molecule has 0 N–H and O–H groups in total. The largest absolute Gasteiger partial charge is 0.356 e. The van der Waals surface area contributed by atoms with Gasteiger partial charge in [0.15, 0.2) is 5.58 Å². The summed E-state index contributed by atoms with van der Waals surface area (Å²) in [7, 11) is 0. The standard InChI is InChI=1S/C20H25N3O2/c1-2-11-23-13-6-10-20(23)9-5-12-22(15-20)19(24)14-17-16-7-3-4-8-18(16)25-21-17/h2-4,7-8H,1,5-6,9-15H2. The molecule has 0 saturated carbocycles. The molecular weight excluding hydrogens is 314 g/mol. The summed E-state index contributed by atoms with van der Waals surface area (Å²) in [6, 6.07) is 7.73. The number of carbonyl (C=O) groups excluding carboxylic acids is 1. The predicted octanol–water partition coefficient (Wildman–Crippen LogP) is 3.01. The van der Waals surface area contributed by atoms with Crippen LogP contribution in [0.3, 0.4) is 0 Å². The van der Waals surface area contributed by atoms with Crippen LogP contribution in [0.5, 0.6) is 0 Å². The fourth-order valence-corrected chi connectivity index (χ4v) is 4.54. The van der Waals surface area contributed by atoms with Crippen molar-refractivity contribution in [1.82, 2.24) is 15.0 Å². The Morgan fingerprint density at radius 3 is 2.92 bits per heavy atom. The first-order chi connectivity index (χ1) is 12.2. The van der Waals surface area contributed by atoms with Gasteiger partial charge in [0.25, 0.3) is 0 Å². The van der Waals surface area contributed by atoms with E-state index in [0.717, 1.165) is 49.3 Å². The summed E-state index contributed by atoms with van der Waals surface area (Å²) in [5, 5.41) is 5.06. The maximum Gasteiger partial charge on any atom is 0.228 e. The van der Waals surface area contributed by atoms with Crippen LogP contribution in [0, 0.1) is 0 Å². The molecule has 5 nitrogen and oxygen atoms in total. The molecule has 1 amide bonds. The van der Waals surface area contributed by atoms with E-state index in [4.69, 9.17) is 4.52 Å². The van der Waals surface area contributed by atoms with Crippen molar-refractivity contribution in [1.29, 1.82) is 0 Å². The zero-order chi connectivity index (χ0) is 17.3. The number of fused-ring (bicyclic) bond motifs is 1. The highest BCUT2D eigenvalue weighted by atomic mass is 16.5. The van der Waals surface area contributed by atoms with Crippen LogP contribution in [0.1, 0.15) is 31.4 Å². The maximum absolute atomic E-state index is 12.9. The van der Waals surface area contributed by atoms with Crippen LogP contribution in [0.4, 0.5) is 0 Å². The molecule has 2 fully saturated rings. The topological polar surface area (TPSA) is 49.6 Å². The lowest BCUT2D eigenvalue weighted by Gasteiger charge is -2.45. The lowest BCUT2D eigenvalue weighted by atomic mass is 9.86. The molecule has 4 rings (SSSR count). The molecule has 1 spiro atoms. The van der Waals surface area contributed by atoms with Gasteiger partial charge in [-0.3, -0.25) is 9.69 Å². The molecule has 2 aliphatic heterocycles.